The van der Waals surface area contributed by atoms with Gasteiger partial charge in [0.1, 0.15) is 11.9 Å². The summed E-state index contributed by atoms with van der Waals surface area (Å²) in [7, 11) is 0. The number of rotatable bonds is 5. The number of hydrogen-bond donors (Lipinski definition) is 0. The lowest BCUT2D eigenvalue weighted by Gasteiger charge is -2.27. The van der Waals surface area contributed by atoms with Gasteiger partial charge in [-0.2, -0.15) is 14.6 Å². The van der Waals surface area contributed by atoms with Gasteiger partial charge in [-0.15, -0.1) is 0 Å². The highest BCUT2D eigenvalue weighted by Gasteiger charge is 2.28. The molecule has 0 unspecified atom stereocenters. The van der Waals surface area contributed by atoms with Crippen LogP contribution in [-0.2, 0) is 0 Å². The van der Waals surface area contributed by atoms with Gasteiger partial charge in [0.05, 0.1) is 6.20 Å². The summed E-state index contributed by atoms with van der Waals surface area (Å²) in [6.45, 7) is 4.11. The van der Waals surface area contributed by atoms with Crippen LogP contribution in [0.15, 0.2) is 47.2 Å². The minimum atomic E-state index is -0.300. The Labute approximate surface area is 179 Å². The number of nitrogens with zero attached hydrogens (tertiary/aromatic N) is 5. The third-order valence-electron chi connectivity index (χ3n) is 5.82. The first-order chi connectivity index (χ1) is 15.1. The average Bonchev–Trinajstić information content (AvgIpc) is 3.43. The van der Waals surface area contributed by atoms with Gasteiger partial charge in [-0.25, -0.2) is 9.37 Å². The van der Waals surface area contributed by atoms with Gasteiger partial charge in [0.25, 0.3) is 0 Å². The van der Waals surface area contributed by atoms with Crippen molar-refractivity contribution >= 4 is 5.65 Å². The zero-order valence-corrected chi connectivity index (χ0v) is 17.5. The number of halogens is 1. The van der Waals surface area contributed by atoms with E-state index in [1.165, 1.54) is 6.07 Å². The molecule has 7 nitrogen and oxygen atoms in total. The molecular formula is C23H24FN5O2. The number of hydrogen-bond acceptors (Lipinski definition) is 6. The largest absolute Gasteiger partial charge is 0.474 e. The summed E-state index contributed by atoms with van der Waals surface area (Å²) in [4.78, 5) is 8.96. The van der Waals surface area contributed by atoms with Crippen molar-refractivity contribution in [3.8, 4) is 17.0 Å². The SMILES string of the molecule is CC(C)c1noc(C2CCC(Oc3ccnc4c(-c5ccccc5F)cnn34)CC2)n1. The fourth-order valence-corrected chi connectivity index (χ4v) is 4.07. The molecule has 1 aliphatic carbocycles. The van der Waals surface area contributed by atoms with Crippen molar-refractivity contribution in [3.05, 3.63) is 60.3 Å². The Morgan fingerprint density at radius 1 is 1.10 bits per heavy atom. The van der Waals surface area contributed by atoms with E-state index < -0.39 is 0 Å². The second-order valence-corrected chi connectivity index (χ2v) is 8.29. The zero-order valence-electron chi connectivity index (χ0n) is 17.5. The molecule has 0 spiro atoms. The number of ether oxygens (including phenoxy) is 1. The van der Waals surface area contributed by atoms with E-state index in [4.69, 9.17) is 9.26 Å². The van der Waals surface area contributed by atoms with E-state index in [1.54, 1.807) is 41.2 Å². The molecule has 5 rings (SSSR count). The minimum Gasteiger partial charge on any atom is -0.474 e. The maximum absolute atomic E-state index is 14.3. The molecule has 0 bridgehead atoms. The molecule has 1 fully saturated rings. The Balaban J connectivity index is 1.31. The molecule has 0 N–H and O–H groups in total. The van der Waals surface area contributed by atoms with Gasteiger partial charge in [0.15, 0.2) is 11.5 Å². The Morgan fingerprint density at radius 3 is 2.65 bits per heavy atom. The molecule has 0 saturated heterocycles. The summed E-state index contributed by atoms with van der Waals surface area (Å²) in [5, 5.41) is 8.50. The normalized spacial score (nSPS) is 19.2. The third-order valence-corrected chi connectivity index (χ3v) is 5.82. The van der Waals surface area contributed by atoms with Gasteiger partial charge in [-0.3, -0.25) is 0 Å². The van der Waals surface area contributed by atoms with Gasteiger partial charge in [0.2, 0.25) is 11.8 Å². The van der Waals surface area contributed by atoms with Crippen molar-refractivity contribution in [3.63, 3.8) is 0 Å². The Hall–Kier alpha value is -3.29. The maximum atomic E-state index is 14.3. The standard InChI is InChI=1S/C23H24FN5O2/c1-14(2)21-27-23(31-28-21)15-7-9-16(10-8-15)30-20-11-12-25-22-18(13-26-29(20)22)17-5-3-4-6-19(17)24/h3-6,11-16H,7-10H2,1-2H3. The first-order valence-corrected chi connectivity index (χ1v) is 10.7. The van der Waals surface area contributed by atoms with Crippen LogP contribution in [0.4, 0.5) is 4.39 Å². The zero-order chi connectivity index (χ0) is 21.4. The highest BCUT2D eigenvalue weighted by Crippen LogP contribution is 2.35. The highest BCUT2D eigenvalue weighted by atomic mass is 19.1. The van der Waals surface area contributed by atoms with E-state index in [0.29, 0.717) is 22.7 Å². The fraction of sp³-hybridized carbons (Fsp3) is 0.391. The topological polar surface area (TPSA) is 78.3 Å². The monoisotopic (exact) mass is 421 g/mol. The summed E-state index contributed by atoms with van der Waals surface area (Å²) in [5.74, 6) is 2.33. The molecule has 3 heterocycles. The lowest BCUT2D eigenvalue weighted by atomic mass is 9.87. The van der Waals surface area contributed by atoms with Crippen LogP contribution in [-0.4, -0.2) is 30.8 Å². The molecule has 31 heavy (non-hydrogen) atoms. The average molecular weight is 421 g/mol. The van der Waals surface area contributed by atoms with Gasteiger partial charge >= 0.3 is 0 Å². The highest BCUT2D eigenvalue weighted by molar-refractivity contribution is 5.77. The van der Waals surface area contributed by atoms with Crippen molar-refractivity contribution in [2.75, 3.05) is 0 Å². The van der Waals surface area contributed by atoms with Crippen LogP contribution < -0.4 is 4.74 Å². The lowest BCUT2D eigenvalue weighted by Crippen LogP contribution is -2.24. The predicted molar refractivity (Wildman–Crippen MR) is 112 cm³/mol. The molecule has 3 aromatic heterocycles. The smallest absolute Gasteiger partial charge is 0.229 e. The minimum absolute atomic E-state index is 0.0652. The molecular weight excluding hydrogens is 397 g/mol. The first-order valence-electron chi connectivity index (χ1n) is 10.7. The summed E-state index contributed by atoms with van der Waals surface area (Å²) in [6, 6.07) is 8.43. The summed E-state index contributed by atoms with van der Waals surface area (Å²) in [6.07, 6.45) is 7.00. The van der Waals surface area contributed by atoms with Crippen molar-refractivity contribution in [2.45, 2.75) is 57.5 Å². The Kier molecular flexibility index (Phi) is 5.13. The first kappa shape index (κ1) is 19.7. The van der Waals surface area contributed by atoms with Crippen LogP contribution in [0.1, 0.15) is 63.1 Å². The van der Waals surface area contributed by atoms with E-state index in [-0.39, 0.29) is 23.8 Å². The van der Waals surface area contributed by atoms with Crippen molar-refractivity contribution in [1.29, 1.82) is 0 Å². The molecule has 1 saturated carbocycles. The van der Waals surface area contributed by atoms with Crippen molar-refractivity contribution in [1.82, 2.24) is 24.7 Å². The molecule has 0 aliphatic heterocycles. The summed E-state index contributed by atoms with van der Waals surface area (Å²) in [5.41, 5.74) is 1.69. The van der Waals surface area contributed by atoms with Gasteiger partial charge < -0.3 is 9.26 Å². The van der Waals surface area contributed by atoms with Crippen LogP contribution in [0.2, 0.25) is 0 Å². The maximum Gasteiger partial charge on any atom is 0.229 e. The lowest BCUT2D eigenvalue weighted by molar-refractivity contribution is 0.130. The van der Waals surface area contributed by atoms with Crippen LogP contribution in [0.3, 0.4) is 0 Å². The van der Waals surface area contributed by atoms with Gasteiger partial charge in [-0.05, 0) is 31.7 Å². The molecule has 4 aromatic rings. The molecule has 0 atom stereocenters. The van der Waals surface area contributed by atoms with Crippen LogP contribution in [0.5, 0.6) is 5.88 Å². The summed E-state index contributed by atoms with van der Waals surface area (Å²) >= 11 is 0. The van der Waals surface area contributed by atoms with E-state index in [1.807, 2.05) is 0 Å². The second-order valence-electron chi connectivity index (χ2n) is 8.29. The van der Waals surface area contributed by atoms with Crippen LogP contribution >= 0.6 is 0 Å². The van der Waals surface area contributed by atoms with E-state index >= 15 is 0 Å². The van der Waals surface area contributed by atoms with Gasteiger partial charge in [-0.1, -0.05) is 37.2 Å². The molecule has 8 heteroatoms. The molecule has 0 radical (unpaired) electrons. The Bertz CT molecular complexity index is 1190. The number of benzene rings is 1. The second kappa shape index (κ2) is 8.09. The van der Waals surface area contributed by atoms with Gasteiger partial charge in [0, 0.05) is 35.2 Å². The summed E-state index contributed by atoms with van der Waals surface area (Å²) < 4.78 is 27.7. The number of fused-ring (bicyclic) bond motifs is 1. The van der Waals surface area contributed by atoms with E-state index in [9.17, 15) is 4.39 Å². The molecule has 160 valence electrons. The molecule has 1 aromatic carbocycles. The van der Waals surface area contributed by atoms with Crippen LogP contribution in [0, 0.1) is 5.82 Å². The fourth-order valence-electron chi connectivity index (χ4n) is 4.07. The third kappa shape index (κ3) is 3.78. The predicted octanol–water partition coefficient (Wildman–Crippen LogP) is 5.15. The van der Waals surface area contributed by atoms with Crippen molar-refractivity contribution < 1.29 is 13.7 Å². The van der Waals surface area contributed by atoms with E-state index in [0.717, 1.165) is 37.4 Å². The van der Waals surface area contributed by atoms with E-state index in [2.05, 4.69) is 34.1 Å². The molecule has 1 aliphatic rings. The Morgan fingerprint density at radius 2 is 1.90 bits per heavy atom. The number of aromatic nitrogens is 5. The quantitative estimate of drug-likeness (QED) is 0.444. The molecule has 0 amide bonds. The van der Waals surface area contributed by atoms with Crippen LogP contribution in [0.25, 0.3) is 16.8 Å². The van der Waals surface area contributed by atoms with Crippen molar-refractivity contribution in [2.24, 2.45) is 0 Å².